The van der Waals surface area contributed by atoms with E-state index >= 15 is 0 Å². The van der Waals surface area contributed by atoms with Gasteiger partial charge in [-0.25, -0.2) is 4.79 Å². The number of furan rings is 1. The van der Waals surface area contributed by atoms with Crippen LogP contribution in [-0.4, -0.2) is 45.8 Å². The third-order valence-corrected chi connectivity index (χ3v) is 5.01. The Balaban J connectivity index is 1.84. The zero-order valence-corrected chi connectivity index (χ0v) is 15.6. The molecule has 1 aromatic carbocycles. The highest BCUT2D eigenvalue weighted by molar-refractivity contribution is 8.26. The first-order chi connectivity index (χ1) is 12.9. The Bertz CT molecular complexity index is 978. The average molecular weight is 403 g/mol. The molecule has 1 N–H and O–H groups in total. The molecule has 1 aromatic heterocycles. The van der Waals surface area contributed by atoms with Gasteiger partial charge in [-0.15, -0.1) is 0 Å². The first kappa shape index (κ1) is 18.9. The Hall–Kier alpha value is -2.91. The maximum atomic E-state index is 12.3. The van der Waals surface area contributed by atoms with Crippen LogP contribution in [0.25, 0.3) is 17.4 Å². The molecule has 1 aliphatic heterocycles. The number of ether oxygens (including phenoxy) is 1. The highest BCUT2D eigenvalue weighted by atomic mass is 32.2. The molecule has 138 valence electrons. The number of carboxylic acid groups (broad SMARTS) is 1. The van der Waals surface area contributed by atoms with Crippen LogP contribution in [-0.2, 0) is 14.3 Å². The Labute approximate surface area is 163 Å². The number of esters is 1. The Morgan fingerprint density at radius 1 is 1.33 bits per heavy atom. The molecule has 1 fully saturated rings. The standard InChI is InChI=1S/C18H13NO6S2/c1-24-17(23)11-4-2-3-10(7-11)13-6-5-12(25-13)8-14-16(22)19(9-15(20)21)18(26)27-14/h2-8H,9H2,1H3,(H,20,21)/b14-8-. The Morgan fingerprint density at radius 3 is 2.81 bits per heavy atom. The molecule has 27 heavy (non-hydrogen) atoms. The first-order valence-corrected chi connectivity index (χ1v) is 8.87. The van der Waals surface area contributed by atoms with E-state index in [1.54, 1.807) is 36.4 Å². The molecule has 7 nitrogen and oxygen atoms in total. The molecular weight excluding hydrogens is 390 g/mol. The third kappa shape index (κ3) is 4.09. The van der Waals surface area contributed by atoms with Crippen molar-refractivity contribution in [1.82, 2.24) is 4.90 Å². The number of nitrogens with zero attached hydrogens (tertiary/aromatic N) is 1. The zero-order chi connectivity index (χ0) is 19.6. The van der Waals surface area contributed by atoms with Crippen LogP contribution in [0, 0.1) is 0 Å². The van der Waals surface area contributed by atoms with Gasteiger partial charge in [-0.2, -0.15) is 0 Å². The number of hydrogen-bond donors (Lipinski definition) is 1. The Kier molecular flexibility index (Phi) is 5.43. The van der Waals surface area contributed by atoms with Crippen molar-refractivity contribution >= 4 is 52.2 Å². The van der Waals surface area contributed by atoms with Gasteiger partial charge in [0.15, 0.2) is 0 Å². The SMILES string of the molecule is COC(=O)c1cccc(-c2ccc(/C=C3\SC(=S)N(CC(=O)O)C3=O)o2)c1. The fraction of sp³-hybridized carbons (Fsp3) is 0.111. The molecular formula is C18H13NO6S2. The molecule has 1 amide bonds. The van der Waals surface area contributed by atoms with Crippen molar-refractivity contribution in [3.63, 3.8) is 0 Å². The highest BCUT2D eigenvalue weighted by Crippen LogP contribution is 2.33. The number of carbonyl (C=O) groups is 3. The maximum Gasteiger partial charge on any atom is 0.337 e. The molecule has 1 saturated heterocycles. The molecule has 1 aliphatic rings. The van der Waals surface area contributed by atoms with Crippen LogP contribution in [0.2, 0.25) is 0 Å². The fourth-order valence-electron chi connectivity index (χ4n) is 2.40. The van der Waals surface area contributed by atoms with Crippen LogP contribution in [0.5, 0.6) is 0 Å². The summed E-state index contributed by atoms with van der Waals surface area (Å²) in [6.45, 7) is -0.480. The molecule has 0 bridgehead atoms. The van der Waals surface area contributed by atoms with Crippen molar-refractivity contribution in [2.45, 2.75) is 0 Å². The monoisotopic (exact) mass is 403 g/mol. The number of carboxylic acids is 1. The summed E-state index contributed by atoms with van der Waals surface area (Å²) in [5, 5.41) is 8.86. The number of hydrogen-bond acceptors (Lipinski definition) is 7. The van der Waals surface area contributed by atoms with Crippen LogP contribution in [0.15, 0.2) is 45.7 Å². The normalized spacial score (nSPS) is 15.4. The van der Waals surface area contributed by atoms with E-state index in [0.29, 0.717) is 22.6 Å². The molecule has 0 aliphatic carbocycles. The predicted octanol–water partition coefficient (Wildman–Crippen LogP) is 3.02. The molecule has 0 radical (unpaired) electrons. The van der Waals surface area contributed by atoms with Gasteiger partial charge in [0, 0.05) is 11.6 Å². The second-order valence-corrected chi connectivity index (χ2v) is 7.11. The van der Waals surface area contributed by atoms with Gasteiger partial charge in [-0.05, 0) is 24.3 Å². The number of methoxy groups -OCH3 is 1. The van der Waals surface area contributed by atoms with Gasteiger partial charge in [0.2, 0.25) is 0 Å². The van der Waals surface area contributed by atoms with E-state index in [9.17, 15) is 14.4 Å². The number of aliphatic carboxylic acids is 1. The summed E-state index contributed by atoms with van der Waals surface area (Å²) >= 11 is 6.07. The number of benzene rings is 1. The van der Waals surface area contributed by atoms with Crippen molar-refractivity contribution in [2.24, 2.45) is 0 Å². The van der Waals surface area contributed by atoms with Crippen molar-refractivity contribution < 1.29 is 28.6 Å². The minimum absolute atomic E-state index is 0.186. The fourth-order valence-corrected chi connectivity index (χ4v) is 3.64. The van der Waals surface area contributed by atoms with E-state index in [4.69, 9.17) is 26.5 Å². The maximum absolute atomic E-state index is 12.3. The molecule has 9 heteroatoms. The molecule has 2 heterocycles. The van der Waals surface area contributed by atoms with Crippen molar-refractivity contribution in [3.05, 3.63) is 52.6 Å². The van der Waals surface area contributed by atoms with Crippen LogP contribution >= 0.6 is 24.0 Å². The van der Waals surface area contributed by atoms with Gasteiger partial charge >= 0.3 is 11.9 Å². The van der Waals surface area contributed by atoms with E-state index in [1.165, 1.54) is 13.2 Å². The summed E-state index contributed by atoms with van der Waals surface area (Å²) in [7, 11) is 1.31. The number of rotatable bonds is 5. The summed E-state index contributed by atoms with van der Waals surface area (Å²) in [4.78, 5) is 36.1. The molecule has 0 unspecified atom stereocenters. The molecule has 0 spiro atoms. The van der Waals surface area contributed by atoms with Gasteiger partial charge in [0.25, 0.3) is 5.91 Å². The van der Waals surface area contributed by atoms with Crippen molar-refractivity contribution in [2.75, 3.05) is 13.7 Å². The number of thiocarbonyl (C=S) groups is 1. The average Bonchev–Trinajstić information content (AvgIpc) is 3.21. The van der Waals surface area contributed by atoms with Gasteiger partial charge in [0.1, 0.15) is 22.4 Å². The van der Waals surface area contributed by atoms with Gasteiger partial charge in [-0.1, -0.05) is 36.1 Å². The summed E-state index contributed by atoms with van der Waals surface area (Å²) in [5.41, 5.74) is 1.07. The van der Waals surface area contributed by atoms with Crippen LogP contribution < -0.4 is 0 Å². The topological polar surface area (TPSA) is 97.0 Å². The van der Waals surface area contributed by atoms with Crippen molar-refractivity contribution in [3.8, 4) is 11.3 Å². The minimum Gasteiger partial charge on any atom is -0.480 e. The molecule has 0 saturated carbocycles. The lowest BCUT2D eigenvalue weighted by atomic mass is 10.1. The predicted molar refractivity (Wildman–Crippen MR) is 103 cm³/mol. The van der Waals surface area contributed by atoms with Crippen LogP contribution in [0.3, 0.4) is 0 Å². The van der Waals surface area contributed by atoms with Gasteiger partial charge in [-0.3, -0.25) is 14.5 Å². The van der Waals surface area contributed by atoms with Crippen molar-refractivity contribution in [1.29, 1.82) is 0 Å². The molecule has 0 atom stereocenters. The van der Waals surface area contributed by atoms with E-state index in [-0.39, 0.29) is 9.23 Å². The van der Waals surface area contributed by atoms with E-state index in [1.807, 2.05) is 0 Å². The number of amides is 1. The number of carbonyl (C=O) groups excluding carboxylic acids is 2. The van der Waals surface area contributed by atoms with Crippen LogP contribution in [0.1, 0.15) is 16.1 Å². The molecule has 2 aromatic rings. The van der Waals surface area contributed by atoms with Crippen LogP contribution in [0.4, 0.5) is 0 Å². The summed E-state index contributed by atoms with van der Waals surface area (Å²) in [6.07, 6.45) is 1.51. The number of thioether (sulfide) groups is 1. The Morgan fingerprint density at radius 2 is 2.11 bits per heavy atom. The second-order valence-electron chi connectivity index (χ2n) is 5.44. The second kappa shape index (κ2) is 7.77. The van der Waals surface area contributed by atoms with Gasteiger partial charge < -0.3 is 14.3 Å². The first-order valence-electron chi connectivity index (χ1n) is 7.65. The lowest BCUT2D eigenvalue weighted by Crippen LogP contribution is -2.33. The van der Waals surface area contributed by atoms with E-state index in [0.717, 1.165) is 16.7 Å². The third-order valence-electron chi connectivity index (χ3n) is 3.64. The van der Waals surface area contributed by atoms with E-state index < -0.39 is 24.4 Å². The lowest BCUT2D eigenvalue weighted by molar-refractivity contribution is -0.140. The van der Waals surface area contributed by atoms with Gasteiger partial charge in [0.05, 0.1) is 17.6 Å². The smallest absolute Gasteiger partial charge is 0.337 e. The zero-order valence-electron chi connectivity index (χ0n) is 14.0. The largest absolute Gasteiger partial charge is 0.480 e. The summed E-state index contributed by atoms with van der Waals surface area (Å²) in [5.74, 6) is -1.15. The summed E-state index contributed by atoms with van der Waals surface area (Å²) < 4.78 is 10.6. The quantitative estimate of drug-likeness (QED) is 0.462. The highest BCUT2D eigenvalue weighted by Gasteiger charge is 2.33. The minimum atomic E-state index is -1.14. The molecule has 3 rings (SSSR count). The van der Waals surface area contributed by atoms with E-state index in [2.05, 4.69) is 0 Å². The summed E-state index contributed by atoms with van der Waals surface area (Å²) in [6, 6.07) is 10.1. The lowest BCUT2D eigenvalue weighted by Gasteiger charge is -2.09.